The van der Waals surface area contributed by atoms with Gasteiger partial charge in [0.2, 0.25) is 0 Å². The quantitative estimate of drug-likeness (QED) is 0.674. The molecule has 0 aliphatic carbocycles. The predicted octanol–water partition coefficient (Wildman–Crippen LogP) is 0.908. The molecule has 2 heterocycles. The van der Waals surface area contributed by atoms with E-state index in [0.717, 1.165) is 5.75 Å². The van der Waals surface area contributed by atoms with E-state index in [1.165, 1.54) is 4.52 Å². The average molecular weight is 271 g/mol. The number of aromatic amines is 1. The van der Waals surface area contributed by atoms with Crippen molar-refractivity contribution in [3.63, 3.8) is 0 Å². The molecule has 7 heteroatoms. The first-order chi connectivity index (χ1) is 9.83. The summed E-state index contributed by atoms with van der Waals surface area (Å²) in [5, 5.41) is 13.4. The van der Waals surface area contributed by atoms with Crippen LogP contribution in [0.1, 0.15) is 0 Å². The first-order valence-electron chi connectivity index (χ1n) is 6.19. The Labute approximate surface area is 114 Å². The highest BCUT2D eigenvalue weighted by molar-refractivity contribution is 5.42. The zero-order chi connectivity index (χ0) is 13.8. The van der Waals surface area contributed by atoms with Crippen LogP contribution in [0.15, 0.2) is 47.3 Å². The van der Waals surface area contributed by atoms with E-state index in [9.17, 15) is 4.79 Å². The summed E-state index contributed by atoms with van der Waals surface area (Å²) in [4.78, 5) is 11.4. The summed E-state index contributed by atoms with van der Waals surface area (Å²) >= 11 is 0. The third-order valence-corrected chi connectivity index (χ3v) is 2.69. The zero-order valence-electron chi connectivity index (χ0n) is 10.6. The first kappa shape index (κ1) is 12.2. The average Bonchev–Trinajstić information content (AvgIpc) is 2.86. The van der Waals surface area contributed by atoms with Crippen LogP contribution in [0.5, 0.6) is 5.75 Å². The van der Waals surface area contributed by atoms with Crippen molar-refractivity contribution in [2.24, 2.45) is 0 Å². The molecule has 0 unspecified atom stereocenters. The summed E-state index contributed by atoms with van der Waals surface area (Å²) in [7, 11) is 0. The number of para-hydroxylation sites is 1. The van der Waals surface area contributed by atoms with Crippen molar-refractivity contribution in [2.75, 3.05) is 18.5 Å². The number of ether oxygens (including phenoxy) is 1. The molecule has 0 aliphatic rings. The van der Waals surface area contributed by atoms with Crippen LogP contribution >= 0.6 is 0 Å². The van der Waals surface area contributed by atoms with Gasteiger partial charge >= 0.3 is 5.69 Å². The Bertz CT molecular complexity index is 750. The monoisotopic (exact) mass is 271 g/mol. The van der Waals surface area contributed by atoms with E-state index in [1.54, 1.807) is 12.1 Å². The third kappa shape index (κ3) is 2.61. The number of H-pyrrole nitrogens is 1. The van der Waals surface area contributed by atoms with Gasteiger partial charge in [-0.15, -0.1) is 5.10 Å². The number of benzene rings is 1. The summed E-state index contributed by atoms with van der Waals surface area (Å²) in [5.74, 6) is 1.42. The highest BCUT2D eigenvalue weighted by Crippen LogP contribution is 2.08. The third-order valence-electron chi connectivity index (χ3n) is 2.69. The van der Waals surface area contributed by atoms with Gasteiger partial charge in [0, 0.05) is 0 Å². The topological polar surface area (TPSA) is 84.3 Å². The molecular weight excluding hydrogens is 258 g/mol. The number of anilines is 1. The fourth-order valence-electron chi connectivity index (χ4n) is 1.76. The summed E-state index contributed by atoms with van der Waals surface area (Å²) in [6.07, 6.45) is 0. The predicted molar refractivity (Wildman–Crippen MR) is 74.0 cm³/mol. The van der Waals surface area contributed by atoms with Crippen molar-refractivity contribution in [3.05, 3.63) is 52.9 Å². The molecule has 2 aromatic heterocycles. The second kappa shape index (κ2) is 5.43. The zero-order valence-corrected chi connectivity index (χ0v) is 10.6. The molecule has 2 N–H and O–H groups in total. The molecule has 0 fully saturated rings. The van der Waals surface area contributed by atoms with Gasteiger partial charge < -0.3 is 10.1 Å². The van der Waals surface area contributed by atoms with Crippen LogP contribution < -0.4 is 15.7 Å². The number of nitrogens with zero attached hydrogens (tertiary/aromatic N) is 3. The van der Waals surface area contributed by atoms with E-state index >= 15 is 0 Å². The van der Waals surface area contributed by atoms with E-state index in [1.807, 2.05) is 30.3 Å². The molecule has 102 valence electrons. The van der Waals surface area contributed by atoms with Crippen LogP contribution in [0.4, 0.5) is 5.82 Å². The molecule has 0 aliphatic heterocycles. The van der Waals surface area contributed by atoms with E-state index in [-0.39, 0.29) is 5.69 Å². The maximum atomic E-state index is 11.4. The van der Waals surface area contributed by atoms with Gasteiger partial charge in [-0.05, 0) is 24.3 Å². The molecule has 0 atom stereocenters. The largest absolute Gasteiger partial charge is 0.492 e. The smallest absolute Gasteiger partial charge is 0.364 e. The maximum Gasteiger partial charge on any atom is 0.364 e. The van der Waals surface area contributed by atoms with Crippen LogP contribution in [-0.2, 0) is 0 Å². The number of fused-ring (bicyclic) bond motifs is 1. The van der Waals surface area contributed by atoms with Crippen molar-refractivity contribution in [3.8, 4) is 5.75 Å². The molecular formula is C13H13N5O2. The lowest BCUT2D eigenvalue weighted by atomic mass is 10.3. The van der Waals surface area contributed by atoms with Gasteiger partial charge in [0.25, 0.3) is 0 Å². The van der Waals surface area contributed by atoms with E-state index < -0.39 is 0 Å². The Morgan fingerprint density at radius 3 is 2.90 bits per heavy atom. The molecule has 1 aromatic carbocycles. The lowest BCUT2D eigenvalue weighted by molar-refractivity contribution is 0.332. The fourth-order valence-corrected chi connectivity index (χ4v) is 1.76. The molecule has 0 amide bonds. The van der Waals surface area contributed by atoms with Crippen molar-refractivity contribution in [1.29, 1.82) is 0 Å². The van der Waals surface area contributed by atoms with Crippen LogP contribution in [0.3, 0.4) is 0 Å². The Kier molecular flexibility index (Phi) is 3.32. The molecule has 0 saturated carbocycles. The van der Waals surface area contributed by atoms with Gasteiger partial charge in [0.15, 0.2) is 5.65 Å². The van der Waals surface area contributed by atoms with E-state index in [0.29, 0.717) is 24.6 Å². The van der Waals surface area contributed by atoms with Crippen LogP contribution in [0.25, 0.3) is 5.65 Å². The Balaban J connectivity index is 1.57. The summed E-state index contributed by atoms with van der Waals surface area (Å²) < 4.78 is 6.76. The Morgan fingerprint density at radius 1 is 1.20 bits per heavy atom. The molecule has 0 saturated heterocycles. The molecule has 0 bridgehead atoms. The highest BCUT2D eigenvalue weighted by Gasteiger charge is 2.02. The van der Waals surface area contributed by atoms with Crippen molar-refractivity contribution in [2.45, 2.75) is 0 Å². The van der Waals surface area contributed by atoms with Crippen molar-refractivity contribution < 1.29 is 4.74 Å². The van der Waals surface area contributed by atoms with E-state index in [4.69, 9.17) is 4.74 Å². The van der Waals surface area contributed by atoms with Gasteiger partial charge in [-0.1, -0.05) is 18.2 Å². The highest BCUT2D eigenvalue weighted by atomic mass is 16.5. The fraction of sp³-hybridized carbons (Fsp3) is 0.154. The lowest BCUT2D eigenvalue weighted by Gasteiger charge is -2.07. The Hall–Kier alpha value is -2.83. The van der Waals surface area contributed by atoms with Crippen LogP contribution in [0.2, 0.25) is 0 Å². The number of nitrogens with one attached hydrogen (secondary N) is 2. The maximum absolute atomic E-state index is 11.4. The minimum atomic E-state index is -0.357. The summed E-state index contributed by atoms with van der Waals surface area (Å²) in [6.45, 7) is 1.09. The normalized spacial score (nSPS) is 10.6. The first-order valence-corrected chi connectivity index (χ1v) is 6.19. The SMILES string of the molecule is O=c1[nH]nc2ccc(NCCOc3ccccc3)nn12. The van der Waals surface area contributed by atoms with Crippen molar-refractivity contribution >= 4 is 11.5 Å². The van der Waals surface area contributed by atoms with Gasteiger partial charge in [-0.3, -0.25) is 0 Å². The molecule has 20 heavy (non-hydrogen) atoms. The number of aromatic nitrogens is 4. The van der Waals surface area contributed by atoms with Gasteiger partial charge in [-0.2, -0.15) is 9.61 Å². The molecule has 0 spiro atoms. The van der Waals surface area contributed by atoms with E-state index in [2.05, 4.69) is 20.6 Å². The molecule has 7 nitrogen and oxygen atoms in total. The summed E-state index contributed by atoms with van der Waals surface area (Å²) in [6, 6.07) is 13.0. The standard InChI is InChI=1S/C13H13N5O2/c19-13-16-15-12-7-6-11(17-18(12)13)14-8-9-20-10-4-2-1-3-5-10/h1-7H,8-9H2,(H,14,17)(H,16,19). The second-order valence-electron chi connectivity index (χ2n) is 4.11. The second-order valence-corrected chi connectivity index (χ2v) is 4.11. The minimum Gasteiger partial charge on any atom is -0.492 e. The number of hydrogen-bond acceptors (Lipinski definition) is 5. The number of hydrogen-bond donors (Lipinski definition) is 2. The van der Waals surface area contributed by atoms with Crippen LogP contribution in [-0.4, -0.2) is 33.0 Å². The summed E-state index contributed by atoms with van der Waals surface area (Å²) in [5.41, 5.74) is 0.130. The molecule has 3 aromatic rings. The Morgan fingerprint density at radius 2 is 2.05 bits per heavy atom. The number of rotatable bonds is 5. The van der Waals surface area contributed by atoms with Crippen molar-refractivity contribution in [1.82, 2.24) is 19.8 Å². The lowest BCUT2D eigenvalue weighted by Crippen LogP contribution is -2.16. The molecule has 3 rings (SSSR count). The minimum absolute atomic E-state index is 0.357. The molecule has 0 radical (unpaired) electrons. The van der Waals surface area contributed by atoms with Gasteiger partial charge in [-0.25, -0.2) is 9.89 Å². The van der Waals surface area contributed by atoms with Crippen LogP contribution in [0, 0.1) is 0 Å². The van der Waals surface area contributed by atoms with Gasteiger partial charge in [0.1, 0.15) is 18.2 Å². The van der Waals surface area contributed by atoms with Gasteiger partial charge in [0.05, 0.1) is 6.54 Å².